The number of anilines is 1. The molecule has 3 heterocycles. The Bertz CT molecular complexity index is 700. The number of aromatic nitrogens is 3. The highest BCUT2D eigenvalue weighted by Crippen LogP contribution is 2.28. The van der Waals surface area contributed by atoms with E-state index in [1.807, 2.05) is 44.6 Å². The molecule has 1 aliphatic rings. The van der Waals surface area contributed by atoms with Gasteiger partial charge in [-0.1, -0.05) is 0 Å². The summed E-state index contributed by atoms with van der Waals surface area (Å²) < 4.78 is 1.99. The van der Waals surface area contributed by atoms with Gasteiger partial charge in [0.1, 0.15) is 17.8 Å². The van der Waals surface area contributed by atoms with Crippen molar-refractivity contribution in [2.45, 2.75) is 32.7 Å². The molecule has 1 fully saturated rings. The first-order chi connectivity index (χ1) is 10.3. The van der Waals surface area contributed by atoms with E-state index in [-0.39, 0.29) is 17.4 Å². The maximum atomic E-state index is 12.3. The lowest BCUT2D eigenvalue weighted by atomic mass is 10.0. The number of aryl methyl sites for hydroxylation is 1. The van der Waals surface area contributed by atoms with Gasteiger partial charge >= 0.3 is 0 Å². The summed E-state index contributed by atoms with van der Waals surface area (Å²) in [6.45, 7) is 7.59. The number of nitrogens with zero attached hydrogens (tertiary/aromatic N) is 4. The van der Waals surface area contributed by atoms with Gasteiger partial charge in [0, 0.05) is 31.9 Å². The fourth-order valence-corrected chi connectivity index (χ4v) is 2.95. The fraction of sp³-hybridized carbons (Fsp3) is 0.562. The second kappa shape index (κ2) is 5.26. The van der Waals surface area contributed by atoms with E-state index >= 15 is 0 Å². The van der Waals surface area contributed by atoms with E-state index in [0.717, 1.165) is 29.8 Å². The Balaban J connectivity index is 1.78. The van der Waals surface area contributed by atoms with E-state index in [0.29, 0.717) is 6.54 Å². The summed E-state index contributed by atoms with van der Waals surface area (Å²) >= 11 is 0. The molecule has 0 saturated carbocycles. The molecule has 1 aliphatic heterocycles. The number of rotatable bonds is 2. The predicted octanol–water partition coefficient (Wildman–Crippen LogP) is 1.71. The number of nitrogens with one attached hydrogen (secondary N) is 1. The first kappa shape index (κ1) is 14.8. The van der Waals surface area contributed by atoms with Crippen LogP contribution in [0.25, 0.3) is 11.0 Å². The average Bonchev–Trinajstić information content (AvgIpc) is 3.04. The summed E-state index contributed by atoms with van der Waals surface area (Å²) in [4.78, 5) is 23.3. The molecule has 2 aromatic rings. The lowest BCUT2D eigenvalue weighted by molar-refractivity contribution is -0.125. The third-order valence-corrected chi connectivity index (χ3v) is 4.00. The van der Waals surface area contributed by atoms with E-state index in [4.69, 9.17) is 0 Å². The van der Waals surface area contributed by atoms with Crippen LogP contribution in [0.3, 0.4) is 0 Å². The van der Waals surface area contributed by atoms with Gasteiger partial charge in [-0.3, -0.25) is 4.79 Å². The number of carbonyl (C=O) groups excluding carboxylic acids is 1. The fourth-order valence-electron chi connectivity index (χ4n) is 2.95. The molecule has 1 atom stereocenters. The zero-order valence-electron chi connectivity index (χ0n) is 13.6. The van der Waals surface area contributed by atoms with E-state index in [2.05, 4.69) is 20.2 Å². The van der Waals surface area contributed by atoms with Crippen molar-refractivity contribution in [2.24, 2.45) is 13.0 Å². The summed E-state index contributed by atoms with van der Waals surface area (Å²) in [6.07, 6.45) is 4.45. The van der Waals surface area contributed by atoms with E-state index in [1.54, 1.807) is 6.33 Å². The topological polar surface area (TPSA) is 63.1 Å². The molecule has 3 rings (SSSR count). The molecule has 0 spiro atoms. The first-order valence-corrected chi connectivity index (χ1v) is 7.68. The van der Waals surface area contributed by atoms with Gasteiger partial charge in [0.05, 0.1) is 11.3 Å². The molecule has 0 aromatic carbocycles. The van der Waals surface area contributed by atoms with Crippen LogP contribution in [0.15, 0.2) is 18.6 Å². The van der Waals surface area contributed by atoms with Crippen LogP contribution in [-0.4, -0.2) is 39.1 Å². The Morgan fingerprint density at radius 1 is 1.36 bits per heavy atom. The van der Waals surface area contributed by atoms with Crippen molar-refractivity contribution in [2.75, 3.05) is 18.0 Å². The van der Waals surface area contributed by atoms with Crippen molar-refractivity contribution in [3.05, 3.63) is 18.6 Å². The van der Waals surface area contributed by atoms with Gasteiger partial charge in [0.15, 0.2) is 0 Å². The monoisotopic (exact) mass is 301 g/mol. The number of carbonyl (C=O) groups is 1. The number of amides is 1. The second-order valence-electron chi connectivity index (χ2n) is 7.03. The molecular weight excluding hydrogens is 278 g/mol. The van der Waals surface area contributed by atoms with Crippen LogP contribution in [0.2, 0.25) is 0 Å². The van der Waals surface area contributed by atoms with Gasteiger partial charge in [-0.05, 0) is 33.3 Å². The van der Waals surface area contributed by atoms with Crippen LogP contribution in [0.5, 0.6) is 0 Å². The van der Waals surface area contributed by atoms with Crippen molar-refractivity contribution in [1.29, 1.82) is 0 Å². The minimum absolute atomic E-state index is 0.0213. The molecule has 22 heavy (non-hydrogen) atoms. The summed E-state index contributed by atoms with van der Waals surface area (Å²) in [5, 5.41) is 4.12. The molecule has 1 N–H and O–H groups in total. The smallest absolute Gasteiger partial charge is 0.225 e. The molecule has 1 saturated heterocycles. The zero-order valence-corrected chi connectivity index (χ0v) is 13.6. The molecule has 6 nitrogen and oxygen atoms in total. The Hall–Kier alpha value is -2.11. The lowest BCUT2D eigenvalue weighted by Gasteiger charge is -2.23. The predicted molar refractivity (Wildman–Crippen MR) is 86.7 cm³/mol. The van der Waals surface area contributed by atoms with Crippen LogP contribution in [0.1, 0.15) is 27.2 Å². The highest BCUT2D eigenvalue weighted by molar-refractivity contribution is 5.88. The second-order valence-corrected chi connectivity index (χ2v) is 7.03. The van der Waals surface area contributed by atoms with Crippen LogP contribution >= 0.6 is 0 Å². The van der Waals surface area contributed by atoms with E-state index in [1.165, 1.54) is 0 Å². The number of hydrogen-bond acceptors (Lipinski definition) is 4. The van der Waals surface area contributed by atoms with Gasteiger partial charge in [0.25, 0.3) is 0 Å². The van der Waals surface area contributed by atoms with Crippen molar-refractivity contribution in [3.8, 4) is 0 Å². The van der Waals surface area contributed by atoms with Gasteiger partial charge in [-0.25, -0.2) is 9.97 Å². The molecule has 0 bridgehead atoms. The third-order valence-electron chi connectivity index (χ3n) is 4.00. The Morgan fingerprint density at radius 3 is 2.86 bits per heavy atom. The standard InChI is InChI=1S/C16H23N5O/c1-16(2,3)19-15(22)11-5-8-21(9-11)14-12-6-7-20(4)13(12)17-10-18-14/h6-7,10-11H,5,8-9H2,1-4H3,(H,19,22). The lowest BCUT2D eigenvalue weighted by Crippen LogP contribution is -2.44. The normalized spacial score (nSPS) is 18.9. The Labute approximate surface area is 130 Å². The maximum absolute atomic E-state index is 12.3. The summed E-state index contributed by atoms with van der Waals surface area (Å²) in [5.74, 6) is 1.08. The van der Waals surface area contributed by atoms with Gasteiger partial charge < -0.3 is 14.8 Å². The average molecular weight is 301 g/mol. The molecule has 118 valence electrons. The van der Waals surface area contributed by atoms with Gasteiger partial charge in [-0.2, -0.15) is 0 Å². The molecular formula is C16H23N5O. The Morgan fingerprint density at radius 2 is 2.14 bits per heavy atom. The molecule has 2 aromatic heterocycles. The summed E-state index contributed by atoms with van der Waals surface area (Å²) in [5.41, 5.74) is 0.735. The minimum atomic E-state index is -0.188. The number of hydrogen-bond donors (Lipinski definition) is 1. The van der Waals surface area contributed by atoms with Crippen molar-refractivity contribution in [1.82, 2.24) is 19.9 Å². The SMILES string of the molecule is Cn1ccc2c(N3CCC(C(=O)NC(C)(C)C)C3)ncnc21. The minimum Gasteiger partial charge on any atom is -0.355 e. The van der Waals surface area contributed by atoms with Crippen LogP contribution in [0, 0.1) is 5.92 Å². The largest absolute Gasteiger partial charge is 0.355 e. The molecule has 1 unspecified atom stereocenters. The summed E-state index contributed by atoms with van der Waals surface area (Å²) in [6, 6.07) is 2.03. The Kier molecular flexibility index (Phi) is 3.54. The summed E-state index contributed by atoms with van der Waals surface area (Å²) in [7, 11) is 1.97. The van der Waals surface area contributed by atoms with Crippen molar-refractivity contribution in [3.63, 3.8) is 0 Å². The molecule has 1 amide bonds. The highest BCUT2D eigenvalue weighted by Gasteiger charge is 2.31. The molecule has 0 aliphatic carbocycles. The highest BCUT2D eigenvalue weighted by atomic mass is 16.2. The van der Waals surface area contributed by atoms with Crippen LogP contribution in [0.4, 0.5) is 5.82 Å². The maximum Gasteiger partial charge on any atom is 0.225 e. The molecule has 0 radical (unpaired) electrons. The quantitative estimate of drug-likeness (QED) is 0.917. The van der Waals surface area contributed by atoms with E-state index in [9.17, 15) is 4.79 Å². The van der Waals surface area contributed by atoms with Crippen LogP contribution in [-0.2, 0) is 11.8 Å². The number of fused-ring (bicyclic) bond motifs is 1. The van der Waals surface area contributed by atoms with Gasteiger partial charge in [0.2, 0.25) is 5.91 Å². The van der Waals surface area contributed by atoms with E-state index < -0.39 is 0 Å². The zero-order chi connectivity index (χ0) is 15.9. The molecule has 6 heteroatoms. The van der Waals surface area contributed by atoms with Crippen LogP contribution < -0.4 is 10.2 Å². The van der Waals surface area contributed by atoms with Crippen molar-refractivity contribution < 1.29 is 4.79 Å². The first-order valence-electron chi connectivity index (χ1n) is 7.68. The third kappa shape index (κ3) is 2.77. The van der Waals surface area contributed by atoms with Gasteiger partial charge in [-0.15, -0.1) is 0 Å². The van der Waals surface area contributed by atoms with Crippen molar-refractivity contribution >= 4 is 22.8 Å².